The Labute approximate surface area is 166 Å². The number of ether oxygens (including phenoxy) is 1. The van der Waals surface area contributed by atoms with Crippen LogP contribution in [-0.2, 0) is 11.2 Å². The average molecular weight is 412 g/mol. The number of imidazole rings is 1. The highest BCUT2D eigenvalue weighted by atomic mass is 35.5. The fourth-order valence-electron chi connectivity index (χ4n) is 3.18. The third kappa shape index (κ3) is 3.97. The maximum absolute atomic E-state index is 12.5. The van der Waals surface area contributed by atoms with Crippen molar-refractivity contribution < 1.29 is 23.8 Å². The van der Waals surface area contributed by atoms with E-state index in [4.69, 9.17) is 25.9 Å². The molecule has 2 aromatic heterocycles. The predicted molar refractivity (Wildman–Crippen MR) is 100 cm³/mol. The molecule has 1 aliphatic rings. The van der Waals surface area contributed by atoms with Gasteiger partial charge in [-0.15, -0.1) is 0 Å². The molecule has 3 N–H and O–H groups in total. The lowest BCUT2D eigenvalue weighted by Crippen LogP contribution is -2.55. The number of hydrogen-bond donors (Lipinski definition) is 3. The fraction of sp³-hybridized carbons (Fsp3) is 0.529. The number of oxazole rings is 1. The summed E-state index contributed by atoms with van der Waals surface area (Å²) in [7, 11) is 1.55. The number of aryl methyl sites for hydroxylation is 2. The van der Waals surface area contributed by atoms with Gasteiger partial charge in [0.15, 0.2) is 11.0 Å². The quantitative estimate of drug-likeness (QED) is 0.653. The summed E-state index contributed by atoms with van der Waals surface area (Å²) in [5.41, 5.74) is 1.02. The van der Waals surface area contributed by atoms with E-state index in [-0.39, 0.29) is 35.7 Å². The minimum absolute atomic E-state index is 0.161. The van der Waals surface area contributed by atoms with Crippen molar-refractivity contribution in [2.24, 2.45) is 0 Å². The zero-order valence-electron chi connectivity index (χ0n) is 15.8. The number of halogens is 1. The Hall–Kier alpha value is -2.59. The van der Waals surface area contributed by atoms with Gasteiger partial charge in [0.2, 0.25) is 5.76 Å². The number of carboxylic acid groups (broad SMARTS) is 1. The monoisotopic (exact) mass is 411 g/mol. The van der Waals surface area contributed by atoms with Crippen LogP contribution in [0.25, 0.3) is 0 Å². The lowest BCUT2D eigenvalue weighted by Gasteiger charge is -2.37. The number of aromatic nitrogens is 3. The summed E-state index contributed by atoms with van der Waals surface area (Å²) >= 11 is 6.00. The Morgan fingerprint density at radius 3 is 2.79 bits per heavy atom. The summed E-state index contributed by atoms with van der Waals surface area (Å²) in [5.74, 6) is -1.54. The molecule has 0 unspecified atom stereocenters. The van der Waals surface area contributed by atoms with Crippen LogP contribution < -0.4 is 10.2 Å². The zero-order chi connectivity index (χ0) is 20.4. The normalized spacial score (nSPS) is 19.6. The molecule has 0 spiro atoms. The van der Waals surface area contributed by atoms with Crippen LogP contribution in [0.2, 0.25) is 5.15 Å². The molecule has 152 valence electrons. The standard InChI is InChI=1S/C17H22ClN5O5/c1-4-9-13(18)22-14(20-9)15(24)21-10-5-6-23(7-11(10)27-3)17-19-8(2)12(28-17)16(25)26/h10-11H,4-7H2,1-3H3,(H,20,22)(H,21,24)(H,25,26)/t10-,11+/m0/s1. The molecule has 0 saturated carbocycles. The van der Waals surface area contributed by atoms with Crippen molar-refractivity contribution >= 4 is 29.5 Å². The van der Waals surface area contributed by atoms with Crippen LogP contribution in [0.5, 0.6) is 0 Å². The van der Waals surface area contributed by atoms with Crippen LogP contribution in [0.4, 0.5) is 6.01 Å². The van der Waals surface area contributed by atoms with Crippen molar-refractivity contribution in [3.05, 3.63) is 28.1 Å². The summed E-state index contributed by atoms with van der Waals surface area (Å²) in [6.45, 7) is 4.40. The van der Waals surface area contributed by atoms with Crippen molar-refractivity contribution in [3.8, 4) is 0 Å². The lowest BCUT2D eigenvalue weighted by atomic mass is 10.0. The Morgan fingerprint density at radius 1 is 1.46 bits per heavy atom. The number of H-pyrrole nitrogens is 1. The Morgan fingerprint density at radius 2 is 2.21 bits per heavy atom. The van der Waals surface area contributed by atoms with E-state index in [1.54, 1.807) is 18.9 Å². The first kappa shape index (κ1) is 20.2. The van der Waals surface area contributed by atoms with Crippen LogP contribution in [0.3, 0.4) is 0 Å². The average Bonchev–Trinajstić information content (AvgIpc) is 3.24. The number of nitrogens with zero attached hydrogens (tertiary/aromatic N) is 3. The van der Waals surface area contributed by atoms with E-state index in [9.17, 15) is 9.59 Å². The fourth-order valence-corrected chi connectivity index (χ4v) is 3.44. The molecule has 0 aromatic carbocycles. The first-order valence-corrected chi connectivity index (χ1v) is 9.25. The Balaban J connectivity index is 1.68. The van der Waals surface area contributed by atoms with Gasteiger partial charge < -0.3 is 29.5 Å². The maximum atomic E-state index is 12.5. The van der Waals surface area contributed by atoms with Gasteiger partial charge in [-0.25, -0.2) is 9.78 Å². The molecule has 1 saturated heterocycles. The molecule has 28 heavy (non-hydrogen) atoms. The number of carbonyl (C=O) groups excluding carboxylic acids is 1. The van der Waals surface area contributed by atoms with Gasteiger partial charge >= 0.3 is 5.97 Å². The number of rotatable bonds is 6. The minimum Gasteiger partial charge on any atom is -0.475 e. The van der Waals surface area contributed by atoms with Crippen LogP contribution >= 0.6 is 11.6 Å². The highest BCUT2D eigenvalue weighted by Crippen LogP contribution is 2.24. The first-order chi connectivity index (χ1) is 13.3. The van der Waals surface area contributed by atoms with Crippen LogP contribution in [-0.4, -0.2) is 64.3 Å². The topological polar surface area (TPSA) is 134 Å². The van der Waals surface area contributed by atoms with E-state index in [0.717, 1.165) is 0 Å². The van der Waals surface area contributed by atoms with Gasteiger partial charge in [-0.1, -0.05) is 18.5 Å². The molecule has 1 amide bonds. The van der Waals surface area contributed by atoms with Crippen LogP contribution in [0, 0.1) is 6.92 Å². The number of nitrogens with one attached hydrogen (secondary N) is 2. The van der Waals surface area contributed by atoms with Crippen LogP contribution in [0.15, 0.2) is 4.42 Å². The van der Waals surface area contributed by atoms with Crippen molar-refractivity contribution in [1.29, 1.82) is 0 Å². The van der Waals surface area contributed by atoms with Crippen molar-refractivity contribution in [1.82, 2.24) is 20.3 Å². The van der Waals surface area contributed by atoms with Gasteiger partial charge in [0.25, 0.3) is 11.9 Å². The SMILES string of the molecule is CCc1[nH]c(C(=O)N[C@H]2CCN(c3nc(C)c(C(=O)O)o3)C[C@H]2OC)nc1Cl. The van der Waals surface area contributed by atoms with Gasteiger partial charge in [0.1, 0.15) is 0 Å². The second-order valence-corrected chi connectivity index (χ2v) is 6.87. The molecule has 2 atom stereocenters. The highest BCUT2D eigenvalue weighted by molar-refractivity contribution is 6.30. The predicted octanol–water partition coefficient (Wildman–Crippen LogP) is 1.64. The van der Waals surface area contributed by atoms with E-state index in [0.29, 0.717) is 42.5 Å². The van der Waals surface area contributed by atoms with Gasteiger partial charge in [0.05, 0.1) is 30.1 Å². The van der Waals surface area contributed by atoms with Crippen molar-refractivity contribution in [3.63, 3.8) is 0 Å². The smallest absolute Gasteiger partial charge is 0.373 e. The molecular weight excluding hydrogens is 390 g/mol. The second kappa shape index (κ2) is 8.19. The third-order valence-electron chi connectivity index (χ3n) is 4.73. The molecule has 0 bridgehead atoms. The third-order valence-corrected chi connectivity index (χ3v) is 5.04. The summed E-state index contributed by atoms with van der Waals surface area (Å²) in [6.07, 6.45) is 0.865. The molecule has 2 aromatic rings. The van der Waals surface area contributed by atoms with E-state index in [2.05, 4.69) is 20.3 Å². The number of amides is 1. The summed E-state index contributed by atoms with van der Waals surface area (Å²) in [5, 5.41) is 12.3. The second-order valence-electron chi connectivity index (χ2n) is 6.51. The van der Waals surface area contributed by atoms with Crippen molar-refractivity contribution in [2.45, 2.75) is 38.8 Å². The summed E-state index contributed by atoms with van der Waals surface area (Å²) in [4.78, 5) is 36.6. The minimum atomic E-state index is -1.16. The number of carbonyl (C=O) groups is 2. The summed E-state index contributed by atoms with van der Waals surface area (Å²) < 4.78 is 10.9. The van der Waals surface area contributed by atoms with Crippen molar-refractivity contribution in [2.75, 3.05) is 25.1 Å². The number of aromatic amines is 1. The Bertz CT molecular complexity index is 879. The van der Waals surface area contributed by atoms with E-state index >= 15 is 0 Å². The lowest BCUT2D eigenvalue weighted by molar-refractivity contribution is 0.0526. The highest BCUT2D eigenvalue weighted by Gasteiger charge is 2.33. The molecule has 10 nitrogen and oxygen atoms in total. The largest absolute Gasteiger partial charge is 0.475 e. The summed E-state index contributed by atoms with van der Waals surface area (Å²) in [6, 6.07) is -0.0233. The molecular formula is C17H22ClN5O5. The first-order valence-electron chi connectivity index (χ1n) is 8.87. The Kier molecular flexibility index (Phi) is 5.90. The number of piperidine rings is 1. The molecule has 1 fully saturated rings. The van der Waals surface area contributed by atoms with E-state index in [1.165, 1.54) is 0 Å². The van der Waals surface area contributed by atoms with Gasteiger partial charge in [0, 0.05) is 13.7 Å². The molecule has 0 radical (unpaired) electrons. The number of hydrogen-bond acceptors (Lipinski definition) is 7. The van der Waals surface area contributed by atoms with Gasteiger partial charge in [-0.3, -0.25) is 4.79 Å². The number of aromatic carboxylic acids is 1. The van der Waals surface area contributed by atoms with E-state index < -0.39 is 5.97 Å². The van der Waals surface area contributed by atoms with Gasteiger partial charge in [-0.2, -0.15) is 4.98 Å². The molecule has 1 aliphatic heterocycles. The molecule has 3 rings (SSSR count). The zero-order valence-corrected chi connectivity index (χ0v) is 16.5. The van der Waals surface area contributed by atoms with E-state index in [1.807, 2.05) is 6.92 Å². The number of carboxylic acids is 1. The maximum Gasteiger partial charge on any atom is 0.373 e. The van der Waals surface area contributed by atoms with Gasteiger partial charge in [-0.05, 0) is 19.8 Å². The molecule has 3 heterocycles. The molecule has 11 heteroatoms. The number of methoxy groups -OCH3 is 1. The van der Waals surface area contributed by atoms with Crippen LogP contribution in [0.1, 0.15) is 45.9 Å². The molecule has 0 aliphatic carbocycles. The number of anilines is 1.